The van der Waals surface area contributed by atoms with Crippen molar-refractivity contribution < 1.29 is 9.90 Å². The van der Waals surface area contributed by atoms with Gasteiger partial charge >= 0.3 is 5.97 Å². The Morgan fingerprint density at radius 2 is 2.15 bits per heavy atom. The van der Waals surface area contributed by atoms with Gasteiger partial charge in [0.2, 0.25) is 0 Å². The summed E-state index contributed by atoms with van der Waals surface area (Å²) in [4.78, 5) is 15.4. The number of aromatic nitrogens is 3. The Labute approximate surface area is 122 Å². The van der Waals surface area contributed by atoms with Crippen molar-refractivity contribution in [2.45, 2.75) is 0 Å². The van der Waals surface area contributed by atoms with Gasteiger partial charge in [-0.05, 0) is 40.2 Å². The van der Waals surface area contributed by atoms with Gasteiger partial charge in [0.15, 0.2) is 5.82 Å². The molecule has 3 aromatic rings. The van der Waals surface area contributed by atoms with Crippen molar-refractivity contribution in [1.82, 2.24) is 14.6 Å². The lowest BCUT2D eigenvalue weighted by Gasteiger charge is -2.08. The van der Waals surface area contributed by atoms with E-state index in [0.717, 1.165) is 5.52 Å². The quantitative estimate of drug-likeness (QED) is 0.770. The van der Waals surface area contributed by atoms with Gasteiger partial charge in [-0.3, -0.25) is 0 Å². The third kappa shape index (κ3) is 2.23. The van der Waals surface area contributed by atoms with E-state index >= 15 is 0 Å². The van der Waals surface area contributed by atoms with Crippen molar-refractivity contribution in [2.24, 2.45) is 0 Å². The van der Waals surface area contributed by atoms with Crippen molar-refractivity contribution in [3.63, 3.8) is 0 Å². The predicted octanol–water partition coefficient (Wildman–Crippen LogP) is 2.93. The molecule has 3 rings (SSSR count). The van der Waals surface area contributed by atoms with Crippen LogP contribution in [0.15, 0.2) is 47.3 Å². The van der Waals surface area contributed by atoms with Crippen LogP contribution >= 0.6 is 15.9 Å². The van der Waals surface area contributed by atoms with E-state index in [1.54, 1.807) is 41.3 Å². The van der Waals surface area contributed by atoms with E-state index < -0.39 is 5.97 Å². The van der Waals surface area contributed by atoms with Crippen LogP contribution in [0.25, 0.3) is 5.52 Å². The van der Waals surface area contributed by atoms with Crippen LogP contribution in [0.4, 0.5) is 11.5 Å². The average molecular weight is 333 g/mol. The number of fused-ring (bicyclic) bond motifs is 1. The van der Waals surface area contributed by atoms with Crippen molar-refractivity contribution in [2.75, 3.05) is 5.32 Å². The zero-order valence-corrected chi connectivity index (χ0v) is 11.7. The van der Waals surface area contributed by atoms with Crippen LogP contribution < -0.4 is 5.32 Å². The van der Waals surface area contributed by atoms with Gasteiger partial charge in [-0.2, -0.15) is 5.10 Å². The second-order valence-electron chi connectivity index (χ2n) is 4.06. The number of nitrogens with one attached hydrogen (secondary N) is 1. The van der Waals surface area contributed by atoms with Gasteiger partial charge in [0.25, 0.3) is 0 Å². The summed E-state index contributed by atoms with van der Waals surface area (Å²) in [6.07, 6.45) is 5.04. The number of hydrogen-bond donors (Lipinski definition) is 2. The lowest BCUT2D eigenvalue weighted by molar-refractivity contribution is 0.0696. The minimum Gasteiger partial charge on any atom is -0.478 e. The molecule has 0 saturated carbocycles. The number of carboxylic acid groups (broad SMARTS) is 1. The number of rotatable bonds is 3. The molecule has 0 bridgehead atoms. The third-order valence-corrected chi connectivity index (χ3v) is 3.48. The molecule has 0 aliphatic carbocycles. The maximum absolute atomic E-state index is 11.1. The summed E-state index contributed by atoms with van der Waals surface area (Å²) >= 11 is 3.21. The largest absolute Gasteiger partial charge is 0.478 e. The second kappa shape index (κ2) is 4.93. The first-order valence-corrected chi connectivity index (χ1v) is 6.52. The molecule has 6 nitrogen and oxygen atoms in total. The smallest absolute Gasteiger partial charge is 0.336 e. The van der Waals surface area contributed by atoms with Crippen LogP contribution in [0.5, 0.6) is 0 Å². The molecule has 100 valence electrons. The molecular formula is C13H9BrN4O2. The molecule has 0 aliphatic rings. The minimum atomic E-state index is -0.990. The first-order chi connectivity index (χ1) is 9.65. The first kappa shape index (κ1) is 12.6. The Balaban J connectivity index is 2.01. The molecule has 0 spiro atoms. The van der Waals surface area contributed by atoms with Crippen LogP contribution in [0.2, 0.25) is 0 Å². The van der Waals surface area contributed by atoms with E-state index in [2.05, 4.69) is 31.3 Å². The van der Waals surface area contributed by atoms with Crippen molar-refractivity contribution >= 4 is 38.9 Å². The molecule has 0 aliphatic heterocycles. The highest BCUT2D eigenvalue weighted by molar-refractivity contribution is 9.10. The Morgan fingerprint density at radius 3 is 2.95 bits per heavy atom. The minimum absolute atomic E-state index is 0.190. The molecule has 0 saturated heterocycles. The summed E-state index contributed by atoms with van der Waals surface area (Å²) in [5.74, 6) is -0.375. The lowest BCUT2D eigenvalue weighted by Crippen LogP contribution is -2.01. The highest BCUT2D eigenvalue weighted by atomic mass is 79.9. The molecule has 0 unspecified atom stereocenters. The zero-order valence-electron chi connectivity index (χ0n) is 10.1. The number of carboxylic acids is 1. The molecule has 2 heterocycles. The zero-order chi connectivity index (χ0) is 14.1. The number of carbonyl (C=O) groups is 1. The van der Waals surface area contributed by atoms with Gasteiger partial charge in [0.05, 0.1) is 11.8 Å². The maximum atomic E-state index is 11.1. The van der Waals surface area contributed by atoms with Gasteiger partial charge in [-0.15, -0.1) is 0 Å². The SMILES string of the molecule is O=C(O)c1cc(Nc2nccn3nccc23)ccc1Br. The molecular weight excluding hydrogens is 324 g/mol. The highest BCUT2D eigenvalue weighted by Gasteiger charge is 2.10. The van der Waals surface area contributed by atoms with Gasteiger partial charge in [0.1, 0.15) is 5.52 Å². The van der Waals surface area contributed by atoms with Gasteiger partial charge < -0.3 is 10.4 Å². The summed E-state index contributed by atoms with van der Waals surface area (Å²) < 4.78 is 2.22. The third-order valence-electron chi connectivity index (χ3n) is 2.78. The molecule has 2 N–H and O–H groups in total. The second-order valence-corrected chi connectivity index (χ2v) is 4.92. The number of aromatic carboxylic acids is 1. The fourth-order valence-electron chi connectivity index (χ4n) is 1.86. The molecule has 0 atom stereocenters. The molecule has 2 aromatic heterocycles. The standard InChI is InChI=1S/C13H9BrN4O2/c14-10-2-1-8(7-9(10)13(19)20)17-12-11-3-4-16-18(11)6-5-15-12/h1-7H,(H,15,17)(H,19,20). The molecule has 20 heavy (non-hydrogen) atoms. The Bertz CT molecular complexity index is 800. The Morgan fingerprint density at radius 1 is 1.30 bits per heavy atom. The number of halogens is 1. The van der Waals surface area contributed by atoms with Crippen molar-refractivity contribution in [3.05, 3.63) is 52.9 Å². The lowest BCUT2D eigenvalue weighted by atomic mass is 10.2. The number of hydrogen-bond acceptors (Lipinski definition) is 4. The highest BCUT2D eigenvalue weighted by Crippen LogP contribution is 2.24. The van der Waals surface area contributed by atoms with E-state index in [9.17, 15) is 4.79 Å². The van der Waals surface area contributed by atoms with Gasteiger partial charge in [-0.25, -0.2) is 14.3 Å². The predicted molar refractivity (Wildman–Crippen MR) is 77.4 cm³/mol. The average Bonchev–Trinajstić information content (AvgIpc) is 2.90. The van der Waals surface area contributed by atoms with Crippen molar-refractivity contribution in [3.8, 4) is 0 Å². The summed E-state index contributed by atoms with van der Waals surface area (Å²) in [5.41, 5.74) is 1.65. The first-order valence-electron chi connectivity index (χ1n) is 5.73. The van der Waals surface area contributed by atoms with Gasteiger partial charge in [-0.1, -0.05) is 0 Å². The summed E-state index contributed by atoms with van der Waals surface area (Å²) in [6.45, 7) is 0. The van der Waals surface area contributed by atoms with Crippen LogP contribution in [-0.2, 0) is 0 Å². The normalized spacial score (nSPS) is 10.7. The number of nitrogens with zero attached hydrogens (tertiary/aromatic N) is 3. The van der Waals surface area contributed by atoms with Crippen LogP contribution in [-0.4, -0.2) is 25.7 Å². The number of anilines is 2. The van der Waals surface area contributed by atoms with Gasteiger partial charge in [0, 0.05) is 22.6 Å². The van der Waals surface area contributed by atoms with E-state index in [1.807, 2.05) is 6.07 Å². The van der Waals surface area contributed by atoms with Crippen molar-refractivity contribution in [1.29, 1.82) is 0 Å². The Hall–Kier alpha value is -2.41. The summed E-state index contributed by atoms with van der Waals surface area (Å²) in [7, 11) is 0. The van der Waals surface area contributed by atoms with E-state index in [1.165, 1.54) is 0 Å². The molecule has 7 heteroatoms. The monoisotopic (exact) mass is 332 g/mol. The fraction of sp³-hybridized carbons (Fsp3) is 0. The number of benzene rings is 1. The molecule has 0 radical (unpaired) electrons. The van der Waals surface area contributed by atoms with Crippen LogP contribution in [0.3, 0.4) is 0 Å². The Kier molecular flexibility index (Phi) is 3.11. The molecule has 1 aromatic carbocycles. The van der Waals surface area contributed by atoms with E-state index in [-0.39, 0.29) is 5.56 Å². The van der Waals surface area contributed by atoms with Crippen LogP contribution in [0, 0.1) is 0 Å². The van der Waals surface area contributed by atoms with Crippen LogP contribution in [0.1, 0.15) is 10.4 Å². The fourth-order valence-corrected chi connectivity index (χ4v) is 2.27. The molecule has 0 amide bonds. The molecule has 0 fully saturated rings. The summed E-state index contributed by atoms with van der Waals surface area (Å²) in [6, 6.07) is 6.83. The topological polar surface area (TPSA) is 79.5 Å². The summed E-state index contributed by atoms with van der Waals surface area (Å²) in [5, 5.41) is 16.3. The van der Waals surface area contributed by atoms with E-state index in [0.29, 0.717) is 16.0 Å². The maximum Gasteiger partial charge on any atom is 0.336 e. The van der Waals surface area contributed by atoms with E-state index in [4.69, 9.17) is 5.11 Å².